The molecule has 0 radical (unpaired) electrons. The molecule has 0 saturated heterocycles. The number of nitrogens with zero attached hydrogens (tertiary/aromatic N) is 1. The number of ketones is 1. The summed E-state index contributed by atoms with van der Waals surface area (Å²) in [6.45, 7) is -0.595. The highest BCUT2D eigenvalue weighted by molar-refractivity contribution is 6.35. The molecule has 1 aromatic rings. The van der Waals surface area contributed by atoms with Crippen molar-refractivity contribution < 1.29 is 25.0 Å². The van der Waals surface area contributed by atoms with Gasteiger partial charge in [0.25, 0.3) is 0 Å². The molecule has 3 N–H and O–H groups in total. The highest BCUT2D eigenvalue weighted by Crippen LogP contribution is 2.13. The van der Waals surface area contributed by atoms with Crippen LogP contribution in [-0.2, 0) is 0 Å². The Morgan fingerprint density at radius 2 is 1.88 bits per heavy atom. The van der Waals surface area contributed by atoms with Crippen molar-refractivity contribution in [3.63, 3.8) is 0 Å². The Morgan fingerprint density at radius 1 is 1.29 bits per heavy atom. The topological polar surface area (TPSA) is 99.4 Å². The summed E-state index contributed by atoms with van der Waals surface area (Å²) < 4.78 is 5.21. The van der Waals surface area contributed by atoms with E-state index >= 15 is 0 Å². The van der Waals surface area contributed by atoms with Gasteiger partial charge in [-0.05, 0) is 24.3 Å². The number of hydrogen-bond donors (Lipinski definition) is 3. The van der Waals surface area contributed by atoms with E-state index in [1.807, 2.05) is 0 Å². The van der Waals surface area contributed by atoms with E-state index in [-0.39, 0.29) is 13.2 Å². The summed E-state index contributed by atoms with van der Waals surface area (Å²) in [4.78, 5) is 11.3. The molecule has 0 aliphatic rings. The van der Waals surface area contributed by atoms with E-state index in [0.29, 0.717) is 11.3 Å². The SMILES string of the molecule is O=C(/C=N/O)c1ccc(OC(CO)CO)cc1. The van der Waals surface area contributed by atoms with Gasteiger partial charge in [-0.1, -0.05) is 5.16 Å². The molecule has 0 atom stereocenters. The van der Waals surface area contributed by atoms with Gasteiger partial charge >= 0.3 is 0 Å². The van der Waals surface area contributed by atoms with Crippen LogP contribution in [0.15, 0.2) is 29.4 Å². The molecule has 0 saturated carbocycles. The van der Waals surface area contributed by atoms with Gasteiger partial charge in [-0.3, -0.25) is 4.79 Å². The summed E-state index contributed by atoms with van der Waals surface area (Å²) in [5.41, 5.74) is 0.347. The van der Waals surface area contributed by atoms with Crippen molar-refractivity contribution in [2.24, 2.45) is 5.16 Å². The van der Waals surface area contributed by atoms with Gasteiger partial charge < -0.3 is 20.2 Å². The smallest absolute Gasteiger partial charge is 0.207 e. The molecule has 92 valence electrons. The van der Waals surface area contributed by atoms with Gasteiger partial charge in [-0.2, -0.15) is 0 Å². The van der Waals surface area contributed by atoms with Crippen LogP contribution in [0.25, 0.3) is 0 Å². The normalized spacial score (nSPS) is 11.0. The first-order valence-corrected chi connectivity index (χ1v) is 4.91. The lowest BCUT2D eigenvalue weighted by molar-refractivity contribution is 0.0629. The predicted octanol–water partition coefficient (Wildman–Crippen LogP) is 0.0613. The molecule has 0 unspecified atom stereocenters. The monoisotopic (exact) mass is 239 g/mol. The predicted molar refractivity (Wildman–Crippen MR) is 59.6 cm³/mol. The Hall–Kier alpha value is -1.92. The van der Waals surface area contributed by atoms with E-state index in [9.17, 15) is 4.79 Å². The molecule has 1 rings (SSSR count). The second-order valence-electron chi connectivity index (χ2n) is 3.24. The molecule has 0 aliphatic carbocycles. The standard InChI is InChI=1S/C11H13NO5/c13-6-10(7-14)17-9-3-1-8(2-4-9)11(15)5-12-16/h1-5,10,13-14,16H,6-7H2/b12-5+. The first kappa shape index (κ1) is 13.1. The number of hydrogen-bond acceptors (Lipinski definition) is 6. The van der Waals surface area contributed by atoms with Crippen LogP contribution in [0.1, 0.15) is 10.4 Å². The van der Waals surface area contributed by atoms with Gasteiger partial charge in [0.15, 0.2) is 0 Å². The lowest BCUT2D eigenvalue weighted by atomic mass is 10.1. The first-order chi connectivity index (χ1) is 8.21. The van der Waals surface area contributed by atoms with Crippen LogP contribution >= 0.6 is 0 Å². The molecule has 17 heavy (non-hydrogen) atoms. The van der Waals surface area contributed by atoms with Crippen LogP contribution in [0.4, 0.5) is 0 Å². The molecule has 0 aromatic heterocycles. The first-order valence-electron chi connectivity index (χ1n) is 4.91. The third-order valence-electron chi connectivity index (χ3n) is 2.02. The summed E-state index contributed by atoms with van der Waals surface area (Å²) in [5.74, 6) is -0.00416. The van der Waals surface area contributed by atoms with Crippen molar-refractivity contribution in [3.05, 3.63) is 29.8 Å². The minimum absolute atomic E-state index is 0.297. The van der Waals surface area contributed by atoms with Gasteiger partial charge in [-0.15, -0.1) is 0 Å². The molecule has 0 amide bonds. The fourth-order valence-electron chi connectivity index (χ4n) is 1.15. The Kier molecular flexibility index (Phi) is 5.12. The van der Waals surface area contributed by atoms with E-state index in [2.05, 4.69) is 5.16 Å². The Morgan fingerprint density at radius 3 is 2.35 bits per heavy atom. The van der Waals surface area contributed by atoms with Crippen LogP contribution in [0.2, 0.25) is 0 Å². The zero-order valence-corrected chi connectivity index (χ0v) is 8.98. The van der Waals surface area contributed by atoms with E-state index in [1.165, 1.54) is 24.3 Å². The zero-order valence-electron chi connectivity index (χ0n) is 8.98. The minimum atomic E-state index is -0.685. The van der Waals surface area contributed by atoms with Crippen LogP contribution in [0.5, 0.6) is 5.75 Å². The molecule has 0 fully saturated rings. The van der Waals surface area contributed by atoms with Crippen LogP contribution < -0.4 is 4.74 Å². The molecular formula is C11H13NO5. The zero-order chi connectivity index (χ0) is 12.7. The molecule has 6 heteroatoms. The van der Waals surface area contributed by atoms with Crippen LogP contribution in [-0.4, -0.2) is 46.7 Å². The summed E-state index contributed by atoms with van der Waals surface area (Å²) >= 11 is 0. The van der Waals surface area contributed by atoms with Crippen molar-refractivity contribution in [2.45, 2.75) is 6.10 Å². The highest BCUT2D eigenvalue weighted by atomic mass is 16.5. The second kappa shape index (κ2) is 6.62. The van der Waals surface area contributed by atoms with Crippen molar-refractivity contribution in [3.8, 4) is 5.75 Å². The molecular weight excluding hydrogens is 226 g/mol. The maximum Gasteiger partial charge on any atom is 0.207 e. The van der Waals surface area contributed by atoms with Crippen molar-refractivity contribution in [2.75, 3.05) is 13.2 Å². The number of oxime groups is 1. The van der Waals surface area contributed by atoms with E-state index < -0.39 is 11.9 Å². The van der Waals surface area contributed by atoms with E-state index in [0.717, 1.165) is 6.21 Å². The number of benzene rings is 1. The summed E-state index contributed by atoms with van der Waals surface area (Å²) in [5, 5.41) is 28.5. The number of aliphatic hydroxyl groups excluding tert-OH is 2. The summed E-state index contributed by atoms with van der Waals surface area (Å²) in [6.07, 6.45) is 0.107. The average molecular weight is 239 g/mol. The van der Waals surface area contributed by atoms with Crippen LogP contribution in [0, 0.1) is 0 Å². The maximum absolute atomic E-state index is 11.3. The highest BCUT2D eigenvalue weighted by Gasteiger charge is 2.08. The number of ether oxygens (including phenoxy) is 1. The van der Waals surface area contributed by atoms with Gasteiger partial charge in [0.2, 0.25) is 5.78 Å². The number of carbonyl (C=O) groups is 1. The third-order valence-corrected chi connectivity index (χ3v) is 2.02. The van der Waals surface area contributed by atoms with Gasteiger partial charge in [-0.25, -0.2) is 0 Å². The lowest BCUT2D eigenvalue weighted by Gasteiger charge is -2.14. The molecule has 0 heterocycles. The average Bonchev–Trinajstić information content (AvgIpc) is 2.37. The largest absolute Gasteiger partial charge is 0.486 e. The Bertz CT molecular complexity index is 383. The van der Waals surface area contributed by atoms with Crippen molar-refractivity contribution in [1.82, 2.24) is 0 Å². The number of carbonyl (C=O) groups excluding carboxylic acids is 1. The quantitative estimate of drug-likeness (QED) is 0.282. The van der Waals surface area contributed by atoms with E-state index in [1.54, 1.807) is 0 Å². The third kappa shape index (κ3) is 3.86. The summed E-state index contributed by atoms with van der Waals surface area (Å²) in [7, 11) is 0. The fraction of sp³-hybridized carbons (Fsp3) is 0.273. The molecule has 1 aromatic carbocycles. The lowest BCUT2D eigenvalue weighted by Crippen LogP contribution is -2.25. The van der Waals surface area contributed by atoms with Gasteiger partial charge in [0.1, 0.15) is 18.1 Å². The summed E-state index contributed by atoms with van der Waals surface area (Å²) in [6, 6.07) is 6.03. The van der Waals surface area contributed by atoms with Crippen molar-refractivity contribution >= 4 is 12.0 Å². The molecule has 0 aliphatic heterocycles. The maximum atomic E-state index is 11.3. The Labute approximate surface area is 97.8 Å². The van der Waals surface area contributed by atoms with E-state index in [4.69, 9.17) is 20.2 Å². The minimum Gasteiger partial charge on any atom is -0.486 e. The molecule has 0 spiro atoms. The van der Waals surface area contributed by atoms with Crippen molar-refractivity contribution in [1.29, 1.82) is 0 Å². The number of Topliss-reactive ketones (excluding diaryl/α,β-unsaturated/α-hetero) is 1. The molecule has 6 nitrogen and oxygen atoms in total. The second-order valence-corrected chi connectivity index (χ2v) is 3.24. The fourth-order valence-corrected chi connectivity index (χ4v) is 1.15. The van der Waals surface area contributed by atoms with Gasteiger partial charge in [0, 0.05) is 5.56 Å². The van der Waals surface area contributed by atoms with Crippen LogP contribution in [0.3, 0.4) is 0 Å². The van der Waals surface area contributed by atoms with Gasteiger partial charge in [0.05, 0.1) is 13.2 Å². The number of aliphatic hydroxyl groups is 2. The Balaban J connectivity index is 2.71. The number of rotatable bonds is 6. The molecule has 0 bridgehead atoms.